The molecule has 0 aliphatic heterocycles. The van der Waals surface area contributed by atoms with Crippen molar-refractivity contribution in [2.24, 2.45) is 0 Å². The van der Waals surface area contributed by atoms with Gasteiger partial charge in [-0.25, -0.2) is 15.0 Å². The number of amides is 1. The number of fused-ring (bicyclic) bond motifs is 1. The molecule has 0 bridgehead atoms. The Hall–Kier alpha value is -3.58. The van der Waals surface area contributed by atoms with E-state index < -0.39 is 0 Å². The van der Waals surface area contributed by atoms with E-state index in [-0.39, 0.29) is 5.91 Å². The van der Waals surface area contributed by atoms with E-state index in [4.69, 9.17) is 0 Å². The van der Waals surface area contributed by atoms with E-state index in [1.807, 2.05) is 29.7 Å². The molecule has 0 atom stereocenters. The molecule has 1 amide bonds. The molecule has 32 heavy (non-hydrogen) atoms. The van der Waals surface area contributed by atoms with E-state index >= 15 is 0 Å². The van der Waals surface area contributed by atoms with E-state index in [0.717, 1.165) is 53.1 Å². The molecule has 0 spiro atoms. The first-order valence-corrected chi connectivity index (χ1v) is 10.8. The van der Waals surface area contributed by atoms with Crippen LogP contribution in [0.4, 0.5) is 0 Å². The van der Waals surface area contributed by atoms with Crippen LogP contribution in [0.25, 0.3) is 28.1 Å². The second-order valence-electron chi connectivity index (χ2n) is 8.69. The third-order valence-electron chi connectivity index (χ3n) is 5.70. The molecule has 1 N–H and O–H groups in total. The quantitative estimate of drug-likeness (QED) is 0.508. The Morgan fingerprint density at radius 2 is 1.88 bits per heavy atom. The topological polar surface area (TPSA) is 75.9 Å². The van der Waals surface area contributed by atoms with Crippen molar-refractivity contribution in [2.75, 3.05) is 14.1 Å². The Morgan fingerprint density at radius 1 is 1.09 bits per heavy atom. The summed E-state index contributed by atoms with van der Waals surface area (Å²) in [5, 5.41) is 3.05. The van der Waals surface area contributed by atoms with Crippen LogP contribution in [0.15, 0.2) is 55.1 Å². The highest BCUT2D eigenvalue weighted by Gasteiger charge is 2.24. The van der Waals surface area contributed by atoms with Crippen molar-refractivity contribution in [2.45, 2.75) is 32.4 Å². The van der Waals surface area contributed by atoms with Gasteiger partial charge in [0.25, 0.3) is 5.91 Å². The zero-order valence-corrected chi connectivity index (χ0v) is 18.5. The summed E-state index contributed by atoms with van der Waals surface area (Å²) in [6, 6.07) is 14.5. The van der Waals surface area contributed by atoms with Crippen LogP contribution >= 0.6 is 0 Å². The highest BCUT2D eigenvalue weighted by atomic mass is 16.1. The molecular formula is C25H26N6O. The highest BCUT2D eigenvalue weighted by molar-refractivity contribution is 5.95. The molecular weight excluding hydrogens is 400 g/mol. The smallest absolute Gasteiger partial charge is 0.251 e. The highest BCUT2D eigenvalue weighted by Crippen LogP contribution is 2.28. The van der Waals surface area contributed by atoms with Gasteiger partial charge in [0.05, 0.1) is 5.69 Å². The molecule has 1 saturated carbocycles. The number of rotatable bonds is 6. The Morgan fingerprint density at radius 3 is 2.59 bits per heavy atom. The van der Waals surface area contributed by atoms with Crippen LogP contribution in [0.5, 0.6) is 0 Å². The number of hydrogen-bond acceptors (Lipinski definition) is 5. The average molecular weight is 427 g/mol. The molecule has 1 aliphatic carbocycles. The maximum absolute atomic E-state index is 12.6. The summed E-state index contributed by atoms with van der Waals surface area (Å²) in [7, 11) is 4.11. The van der Waals surface area contributed by atoms with Crippen LogP contribution in [0.2, 0.25) is 0 Å². The van der Waals surface area contributed by atoms with E-state index in [2.05, 4.69) is 63.5 Å². The summed E-state index contributed by atoms with van der Waals surface area (Å²) in [4.78, 5) is 28.4. The van der Waals surface area contributed by atoms with Crippen molar-refractivity contribution in [3.8, 4) is 16.9 Å². The Kier molecular flexibility index (Phi) is 5.19. The van der Waals surface area contributed by atoms with Crippen molar-refractivity contribution in [1.29, 1.82) is 0 Å². The third kappa shape index (κ3) is 3.99. The number of nitrogens with zero attached hydrogens (tertiary/aromatic N) is 5. The fourth-order valence-corrected chi connectivity index (χ4v) is 3.86. The minimum Gasteiger partial charge on any atom is -0.349 e. The fourth-order valence-electron chi connectivity index (χ4n) is 3.86. The number of carbonyl (C=O) groups excluding carboxylic acids is 1. The van der Waals surface area contributed by atoms with E-state index in [9.17, 15) is 4.79 Å². The van der Waals surface area contributed by atoms with Crippen LogP contribution in [-0.2, 0) is 6.54 Å². The van der Waals surface area contributed by atoms with Gasteiger partial charge in [0.15, 0.2) is 5.65 Å². The molecule has 0 unspecified atom stereocenters. The number of aromatic nitrogens is 4. The van der Waals surface area contributed by atoms with Gasteiger partial charge in [0, 0.05) is 23.7 Å². The lowest BCUT2D eigenvalue weighted by Crippen LogP contribution is -2.25. The number of benzene rings is 2. The van der Waals surface area contributed by atoms with Crippen molar-refractivity contribution >= 4 is 17.1 Å². The van der Waals surface area contributed by atoms with Gasteiger partial charge < -0.3 is 10.2 Å². The summed E-state index contributed by atoms with van der Waals surface area (Å²) < 4.78 is 1.93. The normalized spacial score (nSPS) is 13.6. The maximum Gasteiger partial charge on any atom is 0.251 e. The summed E-state index contributed by atoms with van der Waals surface area (Å²) in [6.07, 6.45) is 5.45. The van der Waals surface area contributed by atoms with E-state index in [1.54, 1.807) is 12.7 Å². The number of carbonyl (C=O) groups is 1. The molecule has 2 heterocycles. The number of aryl methyl sites for hydroxylation is 1. The molecule has 2 aromatic carbocycles. The molecule has 4 aromatic rings. The van der Waals surface area contributed by atoms with Gasteiger partial charge in [0.1, 0.15) is 23.9 Å². The van der Waals surface area contributed by atoms with Gasteiger partial charge in [-0.3, -0.25) is 9.36 Å². The van der Waals surface area contributed by atoms with Gasteiger partial charge >= 0.3 is 0 Å². The minimum absolute atomic E-state index is 0.0358. The SMILES string of the molecule is Cc1ccc(C(=O)NC2CC2)cc1-n1cnc2c(-c3ccc(CN(C)C)cc3)ncnc21. The standard InChI is InChI=1S/C25H26N6O/c1-16-4-7-19(25(32)29-20-10-11-20)12-21(16)31-15-28-23-22(26-14-27-24(23)31)18-8-5-17(6-9-18)13-30(2)3/h4-9,12,14-15,20H,10-11,13H2,1-3H3,(H,29,32). The van der Waals surface area contributed by atoms with Gasteiger partial charge in [-0.2, -0.15) is 0 Å². The summed E-state index contributed by atoms with van der Waals surface area (Å²) in [5.41, 5.74) is 7.07. The first-order valence-electron chi connectivity index (χ1n) is 10.8. The average Bonchev–Trinajstić information content (AvgIpc) is 3.49. The van der Waals surface area contributed by atoms with Crippen LogP contribution in [-0.4, -0.2) is 50.5 Å². The second kappa shape index (κ2) is 8.16. The summed E-state index contributed by atoms with van der Waals surface area (Å²) in [6.45, 7) is 2.91. The van der Waals surface area contributed by atoms with Crippen LogP contribution in [0, 0.1) is 6.92 Å². The molecule has 0 radical (unpaired) electrons. The number of imidazole rings is 1. The predicted molar refractivity (Wildman–Crippen MR) is 125 cm³/mol. The zero-order chi connectivity index (χ0) is 22.2. The number of hydrogen-bond donors (Lipinski definition) is 1. The van der Waals surface area contributed by atoms with Crippen LogP contribution in [0.3, 0.4) is 0 Å². The molecule has 7 heteroatoms. The van der Waals surface area contributed by atoms with Gasteiger partial charge in [-0.15, -0.1) is 0 Å². The van der Waals surface area contributed by atoms with Gasteiger partial charge in [-0.05, 0) is 57.1 Å². The molecule has 5 rings (SSSR count). The second-order valence-corrected chi connectivity index (χ2v) is 8.69. The first-order chi connectivity index (χ1) is 15.5. The van der Waals surface area contributed by atoms with Gasteiger partial charge in [0.2, 0.25) is 0 Å². The predicted octanol–water partition coefficient (Wildman–Crippen LogP) is 3.74. The fraction of sp³-hybridized carbons (Fsp3) is 0.280. The zero-order valence-electron chi connectivity index (χ0n) is 18.5. The Balaban J connectivity index is 1.52. The van der Waals surface area contributed by atoms with Crippen molar-refractivity contribution in [3.05, 3.63) is 71.8 Å². The van der Waals surface area contributed by atoms with E-state index in [0.29, 0.717) is 11.6 Å². The van der Waals surface area contributed by atoms with E-state index in [1.165, 1.54) is 5.56 Å². The van der Waals surface area contributed by atoms with Crippen LogP contribution in [0.1, 0.15) is 34.3 Å². The van der Waals surface area contributed by atoms with Crippen molar-refractivity contribution in [3.63, 3.8) is 0 Å². The molecule has 0 saturated heterocycles. The number of nitrogens with one attached hydrogen (secondary N) is 1. The summed E-state index contributed by atoms with van der Waals surface area (Å²) in [5.74, 6) is -0.0358. The lowest BCUT2D eigenvalue weighted by atomic mass is 10.1. The molecule has 7 nitrogen and oxygen atoms in total. The lowest BCUT2D eigenvalue weighted by Gasteiger charge is -2.11. The Labute approximate surface area is 187 Å². The van der Waals surface area contributed by atoms with Crippen LogP contribution < -0.4 is 5.32 Å². The van der Waals surface area contributed by atoms with Crippen molar-refractivity contribution in [1.82, 2.24) is 29.7 Å². The molecule has 1 aliphatic rings. The largest absolute Gasteiger partial charge is 0.349 e. The molecule has 162 valence electrons. The minimum atomic E-state index is -0.0358. The van der Waals surface area contributed by atoms with Gasteiger partial charge in [-0.1, -0.05) is 30.3 Å². The monoisotopic (exact) mass is 426 g/mol. The Bertz CT molecular complexity index is 1290. The molecule has 2 aromatic heterocycles. The lowest BCUT2D eigenvalue weighted by molar-refractivity contribution is 0.0951. The maximum atomic E-state index is 12.6. The summed E-state index contributed by atoms with van der Waals surface area (Å²) >= 11 is 0. The van der Waals surface area contributed by atoms with Crippen molar-refractivity contribution < 1.29 is 4.79 Å². The molecule has 1 fully saturated rings. The third-order valence-corrected chi connectivity index (χ3v) is 5.70. The first kappa shape index (κ1) is 20.3.